The second-order valence-electron chi connectivity index (χ2n) is 2.72. The van der Waals surface area contributed by atoms with Gasteiger partial charge in [-0.25, -0.2) is 5.06 Å². The molecule has 0 unspecified atom stereocenters. The molecule has 0 aliphatic carbocycles. The molecule has 1 aliphatic heterocycles. The lowest BCUT2D eigenvalue weighted by molar-refractivity contribution is -0.158. The van der Waals surface area contributed by atoms with Gasteiger partial charge in [0.25, 0.3) is 5.91 Å². The summed E-state index contributed by atoms with van der Waals surface area (Å²) in [7, 11) is 0. The van der Waals surface area contributed by atoms with Crippen LogP contribution in [-0.2, 0) is 4.79 Å². The van der Waals surface area contributed by atoms with Crippen molar-refractivity contribution in [1.29, 1.82) is 0 Å². The summed E-state index contributed by atoms with van der Waals surface area (Å²) in [5.41, 5.74) is 5.44. The first kappa shape index (κ1) is 8.45. The third kappa shape index (κ3) is 1.50. The standard InChI is InChI=1S/C6H12N2O3/c7-5-4(1-2-9)3-8(11)6(5)10/h4-5,9,11H,1-3,7H2/t4-,5-/m1/s1. The zero-order chi connectivity index (χ0) is 8.43. The number of aliphatic hydroxyl groups is 1. The lowest BCUT2D eigenvalue weighted by atomic mass is 10.0. The molecule has 0 spiro atoms. The van der Waals surface area contributed by atoms with Crippen molar-refractivity contribution in [3.63, 3.8) is 0 Å². The molecule has 5 heteroatoms. The minimum absolute atomic E-state index is 0.000509. The first-order valence-corrected chi connectivity index (χ1v) is 3.53. The number of hydrogen-bond donors (Lipinski definition) is 3. The number of nitrogens with two attached hydrogens (primary N) is 1. The van der Waals surface area contributed by atoms with Crippen LogP contribution in [0.15, 0.2) is 0 Å². The molecule has 0 radical (unpaired) electrons. The van der Waals surface area contributed by atoms with Crippen LogP contribution < -0.4 is 5.73 Å². The van der Waals surface area contributed by atoms with Gasteiger partial charge in [-0.15, -0.1) is 0 Å². The maximum atomic E-state index is 10.9. The molecule has 1 rings (SSSR count). The third-order valence-corrected chi connectivity index (χ3v) is 1.95. The van der Waals surface area contributed by atoms with Gasteiger partial charge in [-0.2, -0.15) is 0 Å². The van der Waals surface area contributed by atoms with Crippen molar-refractivity contribution >= 4 is 5.91 Å². The summed E-state index contributed by atoms with van der Waals surface area (Å²) in [6, 6.07) is -0.646. The number of hydroxylamine groups is 2. The Bertz CT molecular complexity index is 162. The molecule has 0 bridgehead atoms. The number of carbonyl (C=O) groups excluding carboxylic acids is 1. The highest BCUT2D eigenvalue weighted by molar-refractivity contribution is 5.83. The Kier molecular flexibility index (Phi) is 2.43. The van der Waals surface area contributed by atoms with Crippen molar-refractivity contribution in [2.75, 3.05) is 13.2 Å². The Morgan fingerprint density at radius 1 is 1.73 bits per heavy atom. The highest BCUT2D eigenvalue weighted by Crippen LogP contribution is 2.17. The largest absolute Gasteiger partial charge is 0.396 e. The average molecular weight is 160 g/mol. The van der Waals surface area contributed by atoms with Gasteiger partial charge in [0.05, 0.1) is 12.6 Å². The molecule has 4 N–H and O–H groups in total. The van der Waals surface area contributed by atoms with Gasteiger partial charge in [-0.3, -0.25) is 10.0 Å². The Balaban J connectivity index is 2.52. The Morgan fingerprint density at radius 2 is 2.36 bits per heavy atom. The molecule has 0 aromatic heterocycles. The van der Waals surface area contributed by atoms with Crippen molar-refractivity contribution in [2.45, 2.75) is 12.5 Å². The van der Waals surface area contributed by atoms with E-state index < -0.39 is 11.9 Å². The van der Waals surface area contributed by atoms with Gasteiger partial charge in [0.1, 0.15) is 0 Å². The van der Waals surface area contributed by atoms with Gasteiger partial charge >= 0.3 is 0 Å². The average Bonchev–Trinajstić information content (AvgIpc) is 2.19. The number of carbonyl (C=O) groups is 1. The normalized spacial score (nSPS) is 31.5. The molecule has 11 heavy (non-hydrogen) atoms. The zero-order valence-corrected chi connectivity index (χ0v) is 6.10. The van der Waals surface area contributed by atoms with E-state index >= 15 is 0 Å². The molecule has 5 nitrogen and oxygen atoms in total. The van der Waals surface area contributed by atoms with E-state index in [4.69, 9.17) is 16.0 Å². The fourth-order valence-electron chi connectivity index (χ4n) is 1.24. The van der Waals surface area contributed by atoms with Gasteiger partial charge in [-0.1, -0.05) is 0 Å². The minimum atomic E-state index is -0.646. The van der Waals surface area contributed by atoms with Crippen molar-refractivity contribution in [2.24, 2.45) is 11.7 Å². The van der Waals surface area contributed by atoms with Crippen LogP contribution in [0.5, 0.6) is 0 Å². The maximum Gasteiger partial charge on any atom is 0.263 e. The van der Waals surface area contributed by atoms with Gasteiger partial charge in [0, 0.05) is 12.5 Å². The predicted octanol–water partition coefficient (Wildman–Crippen LogP) is -1.46. The van der Waals surface area contributed by atoms with Crippen molar-refractivity contribution < 1.29 is 15.1 Å². The summed E-state index contributed by atoms with van der Waals surface area (Å²) < 4.78 is 0. The van der Waals surface area contributed by atoms with E-state index in [1.807, 2.05) is 0 Å². The summed E-state index contributed by atoms with van der Waals surface area (Å²) in [6.45, 7) is 0.236. The van der Waals surface area contributed by atoms with E-state index in [0.717, 1.165) is 0 Å². The van der Waals surface area contributed by atoms with E-state index in [9.17, 15) is 4.79 Å². The number of nitrogens with zero attached hydrogens (tertiary/aromatic N) is 1. The number of rotatable bonds is 2. The van der Waals surface area contributed by atoms with Crippen LogP contribution >= 0.6 is 0 Å². The highest BCUT2D eigenvalue weighted by Gasteiger charge is 2.36. The van der Waals surface area contributed by atoms with Gasteiger partial charge < -0.3 is 10.8 Å². The Morgan fingerprint density at radius 3 is 2.73 bits per heavy atom. The number of aliphatic hydroxyl groups excluding tert-OH is 1. The summed E-state index contributed by atoms with van der Waals surface area (Å²) in [5, 5.41) is 18.1. The molecule has 0 saturated carbocycles. The summed E-state index contributed by atoms with van der Waals surface area (Å²) in [4.78, 5) is 10.9. The molecule has 0 aromatic carbocycles. The van der Waals surface area contributed by atoms with Gasteiger partial charge in [-0.05, 0) is 6.42 Å². The Hall–Kier alpha value is -0.650. The van der Waals surface area contributed by atoms with Crippen molar-refractivity contribution in [3.8, 4) is 0 Å². The molecule has 1 saturated heterocycles. The topological polar surface area (TPSA) is 86.8 Å². The van der Waals surface area contributed by atoms with Crippen LogP contribution in [0.3, 0.4) is 0 Å². The quantitative estimate of drug-likeness (QED) is 0.431. The summed E-state index contributed by atoms with van der Waals surface area (Å²) in [5.74, 6) is -0.569. The Labute approximate surface area is 64.4 Å². The summed E-state index contributed by atoms with van der Waals surface area (Å²) in [6.07, 6.45) is 0.462. The van der Waals surface area contributed by atoms with Crippen LogP contribution in [0.4, 0.5) is 0 Å². The first-order chi connectivity index (χ1) is 5.16. The van der Waals surface area contributed by atoms with Gasteiger partial charge in [0.15, 0.2) is 0 Å². The predicted molar refractivity (Wildman–Crippen MR) is 36.7 cm³/mol. The first-order valence-electron chi connectivity index (χ1n) is 3.53. The monoisotopic (exact) mass is 160 g/mol. The van der Waals surface area contributed by atoms with Crippen LogP contribution in [0.1, 0.15) is 6.42 Å². The van der Waals surface area contributed by atoms with E-state index in [1.165, 1.54) is 0 Å². The molecule has 64 valence electrons. The third-order valence-electron chi connectivity index (χ3n) is 1.95. The minimum Gasteiger partial charge on any atom is -0.396 e. The van der Waals surface area contributed by atoms with E-state index in [1.54, 1.807) is 0 Å². The lowest BCUT2D eigenvalue weighted by Gasteiger charge is -2.08. The molecular formula is C6H12N2O3. The number of amides is 1. The van der Waals surface area contributed by atoms with E-state index in [2.05, 4.69) is 0 Å². The second kappa shape index (κ2) is 3.17. The van der Waals surface area contributed by atoms with E-state index in [-0.39, 0.29) is 19.1 Å². The maximum absolute atomic E-state index is 10.9. The molecule has 2 atom stereocenters. The smallest absolute Gasteiger partial charge is 0.263 e. The number of hydrogen-bond acceptors (Lipinski definition) is 4. The van der Waals surface area contributed by atoms with Crippen LogP contribution in [0.2, 0.25) is 0 Å². The van der Waals surface area contributed by atoms with Crippen LogP contribution in [-0.4, -0.2) is 40.5 Å². The fraction of sp³-hybridized carbons (Fsp3) is 0.833. The molecule has 1 aliphatic rings. The molecule has 1 fully saturated rings. The second-order valence-corrected chi connectivity index (χ2v) is 2.72. The SMILES string of the molecule is N[C@H]1C(=O)N(O)C[C@H]1CCO. The zero-order valence-electron chi connectivity index (χ0n) is 6.10. The van der Waals surface area contributed by atoms with E-state index in [0.29, 0.717) is 11.5 Å². The lowest BCUT2D eigenvalue weighted by Crippen LogP contribution is -2.35. The van der Waals surface area contributed by atoms with Crippen LogP contribution in [0.25, 0.3) is 0 Å². The molecule has 1 amide bonds. The molecule has 0 aromatic rings. The van der Waals surface area contributed by atoms with Crippen molar-refractivity contribution in [3.05, 3.63) is 0 Å². The highest BCUT2D eigenvalue weighted by atomic mass is 16.5. The molecule has 1 heterocycles. The summed E-state index contributed by atoms with van der Waals surface area (Å²) >= 11 is 0. The van der Waals surface area contributed by atoms with Crippen LogP contribution in [0, 0.1) is 5.92 Å². The fourth-order valence-corrected chi connectivity index (χ4v) is 1.24. The van der Waals surface area contributed by atoms with Crippen molar-refractivity contribution in [1.82, 2.24) is 5.06 Å². The molecular weight excluding hydrogens is 148 g/mol. The van der Waals surface area contributed by atoms with Gasteiger partial charge in [0.2, 0.25) is 0 Å².